The summed E-state index contributed by atoms with van der Waals surface area (Å²) < 4.78 is 0. The summed E-state index contributed by atoms with van der Waals surface area (Å²) in [5, 5.41) is 12.6. The molecule has 0 aliphatic carbocycles. The smallest absolute Gasteiger partial charge is 0.0683 e. The zero-order chi connectivity index (χ0) is 13.9. The zero-order valence-corrected chi connectivity index (χ0v) is 12.9. The highest BCUT2D eigenvalue weighted by Gasteiger charge is 2.15. The van der Waals surface area contributed by atoms with Crippen LogP contribution < -0.4 is 5.32 Å². The molecule has 0 spiro atoms. The van der Waals surface area contributed by atoms with E-state index in [1.807, 2.05) is 13.8 Å². The lowest BCUT2D eigenvalue weighted by Gasteiger charge is -2.19. The molecule has 0 saturated heterocycles. The number of nitrogens with one attached hydrogen (secondary N) is 1. The summed E-state index contributed by atoms with van der Waals surface area (Å²) in [6.07, 6.45) is 9.86. The molecule has 0 aromatic rings. The van der Waals surface area contributed by atoms with Crippen molar-refractivity contribution in [1.82, 2.24) is 5.32 Å². The van der Waals surface area contributed by atoms with E-state index in [2.05, 4.69) is 25.2 Å². The van der Waals surface area contributed by atoms with Crippen molar-refractivity contribution < 1.29 is 0 Å². The Balaban J connectivity index is 3.63. The van der Waals surface area contributed by atoms with E-state index >= 15 is 0 Å². The maximum atomic E-state index is 8.94. The summed E-state index contributed by atoms with van der Waals surface area (Å²) in [7, 11) is 0. The predicted molar refractivity (Wildman–Crippen MR) is 79.5 cm³/mol. The van der Waals surface area contributed by atoms with Gasteiger partial charge in [-0.05, 0) is 46.1 Å². The second-order valence-electron chi connectivity index (χ2n) is 6.03. The summed E-state index contributed by atoms with van der Waals surface area (Å²) >= 11 is 0. The summed E-state index contributed by atoms with van der Waals surface area (Å²) in [6.45, 7) is 9.68. The minimum absolute atomic E-state index is 0.148. The lowest BCUT2D eigenvalue weighted by atomic mass is 9.89. The topological polar surface area (TPSA) is 35.8 Å². The number of nitriles is 1. The SMILES string of the molecule is CCCCC(CCC)NCCCCC(C)(C)C#N. The first-order chi connectivity index (χ1) is 8.55. The largest absolute Gasteiger partial charge is 0.314 e. The molecular weight excluding hydrogens is 220 g/mol. The van der Waals surface area contributed by atoms with Gasteiger partial charge in [-0.15, -0.1) is 0 Å². The Labute approximate surface area is 114 Å². The number of unbranched alkanes of at least 4 members (excludes halogenated alkanes) is 2. The third-order valence-corrected chi connectivity index (χ3v) is 3.51. The molecule has 0 amide bonds. The standard InChI is InChI=1S/C16H32N2/c1-5-7-11-15(10-6-2)18-13-9-8-12-16(3,4)14-17/h15,18H,5-13H2,1-4H3. The van der Waals surface area contributed by atoms with Gasteiger partial charge < -0.3 is 5.32 Å². The number of rotatable bonds is 11. The van der Waals surface area contributed by atoms with Crippen molar-refractivity contribution >= 4 is 0 Å². The van der Waals surface area contributed by atoms with E-state index in [9.17, 15) is 0 Å². The van der Waals surface area contributed by atoms with Gasteiger partial charge in [0, 0.05) is 6.04 Å². The van der Waals surface area contributed by atoms with Crippen LogP contribution in [0.3, 0.4) is 0 Å². The molecule has 0 aliphatic heterocycles. The summed E-state index contributed by atoms with van der Waals surface area (Å²) in [4.78, 5) is 0. The van der Waals surface area contributed by atoms with Crippen molar-refractivity contribution in [3.63, 3.8) is 0 Å². The van der Waals surface area contributed by atoms with E-state index < -0.39 is 0 Å². The molecule has 1 unspecified atom stereocenters. The second-order valence-corrected chi connectivity index (χ2v) is 6.03. The maximum Gasteiger partial charge on any atom is 0.0683 e. The first-order valence-electron chi connectivity index (χ1n) is 7.70. The van der Waals surface area contributed by atoms with E-state index in [-0.39, 0.29) is 5.41 Å². The van der Waals surface area contributed by atoms with Crippen LogP contribution in [0.25, 0.3) is 0 Å². The van der Waals surface area contributed by atoms with Gasteiger partial charge in [0.1, 0.15) is 0 Å². The van der Waals surface area contributed by atoms with Crippen LogP contribution in [0.2, 0.25) is 0 Å². The van der Waals surface area contributed by atoms with Crippen molar-refractivity contribution in [3.05, 3.63) is 0 Å². The third-order valence-electron chi connectivity index (χ3n) is 3.51. The van der Waals surface area contributed by atoms with E-state index in [1.54, 1.807) is 0 Å². The highest BCUT2D eigenvalue weighted by molar-refractivity contribution is 4.91. The van der Waals surface area contributed by atoms with Gasteiger partial charge in [-0.1, -0.05) is 39.5 Å². The lowest BCUT2D eigenvalue weighted by Crippen LogP contribution is -2.30. The average Bonchev–Trinajstić information content (AvgIpc) is 2.35. The monoisotopic (exact) mass is 252 g/mol. The molecular formula is C16H32N2. The minimum atomic E-state index is -0.148. The quantitative estimate of drug-likeness (QED) is 0.543. The van der Waals surface area contributed by atoms with Gasteiger partial charge in [0.05, 0.1) is 11.5 Å². The Morgan fingerprint density at radius 1 is 1.06 bits per heavy atom. The summed E-state index contributed by atoms with van der Waals surface area (Å²) in [5.74, 6) is 0. The van der Waals surface area contributed by atoms with Gasteiger partial charge in [0.2, 0.25) is 0 Å². The van der Waals surface area contributed by atoms with Gasteiger partial charge in [-0.3, -0.25) is 0 Å². The average molecular weight is 252 g/mol. The summed E-state index contributed by atoms with van der Waals surface area (Å²) in [5.41, 5.74) is -0.148. The first kappa shape index (κ1) is 17.4. The number of nitrogens with zero attached hydrogens (tertiary/aromatic N) is 1. The van der Waals surface area contributed by atoms with Crippen LogP contribution in [0, 0.1) is 16.7 Å². The molecule has 1 atom stereocenters. The highest BCUT2D eigenvalue weighted by atomic mass is 14.9. The molecule has 0 saturated carbocycles. The Kier molecular flexibility index (Phi) is 10.1. The molecule has 0 fully saturated rings. The first-order valence-corrected chi connectivity index (χ1v) is 7.70. The van der Waals surface area contributed by atoms with Crippen molar-refractivity contribution in [2.45, 2.75) is 85.1 Å². The van der Waals surface area contributed by atoms with E-state index in [0.717, 1.165) is 19.4 Å². The highest BCUT2D eigenvalue weighted by Crippen LogP contribution is 2.21. The van der Waals surface area contributed by atoms with Gasteiger partial charge in [0.15, 0.2) is 0 Å². The molecule has 2 nitrogen and oxygen atoms in total. The van der Waals surface area contributed by atoms with Crippen molar-refractivity contribution in [2.75, 3.05) is 6.54 Å². The normalized spacial score (nSPS) is 13.3. The van der Waals surface area contributed by atoms with E-state index in [4.69, 9.17) is 5.26 Å². The van der Waals surface area contributed by atoms with E-state index in [1.165, 1.54) is 38.5 Å². The molecule has 0 rings (SSSR count). The van der Waals surface area contributed by atoms with Crippen LogP contribution >= 0.6 is 0 Å². The van der Waals surface area contributed by atoms with Gasteiger partial charge >= 0.3 is 0 Å². The van der Waals surface area contributed by atoms with Crippen LogP contribution in [0.5, 0.6) is 0 Å². The third kappa shape index (κ3) is 9.48. The second kappa shape index (κ2) is 10.4. The van der Waals surface area contributed by atoms with Gasteiger partial charge in [-0.25, -0.2) is 0 Å². The van der Waals surface area contributed by atoms with Gasteiger partial charge in [-0.2, -0.15) is 5.26 Å². The zero-order valence-electron chi connectivity index (χ0n) is 12.9. The maximum absolute atomic E-state index is 8.94. The Bertz CT molecular complexity index is 228. The van der Waals surface area contributed by atoms with Crippen LogP contribution in [-0.4, -0.2) is 12.6 Å². The number of hydrogen-bond acceptors (Lipinski definition) is 2. The fourth-order valence-corrected chi connectivity index (χ4v) is 2.20. The lowest BCUT2D eigenvalue weighted by molar-refractivity contribution is 0.398. The fraction of sp³-hybridized carbons (Fsp3) is 0.938. The van der Waals surface area contributed by atoms with Crippen LogP contribution in [0.4, 0.5) is 0 Å². The Morgan fingerprint density at radius 3 is 2.33 bits per heavy atom. The predicted octanol–water partition coefficient (Wildman–Crippen LogP) is 4.65. The van der Waals surface area contributed by atoms with Crippen LogP contribution in [0.1, 0.15) is 79.1 Å². The minimum Gasteiger partial charge on any atom is -0.314 e. The van der Waals surface area contributed by atoms with Crippen molar-refractivity contribution in [3.8, 4) is 6.07 Å². The Hall–Kier alpha value is -0.550. The molecule has 0 aromatic heterocycles. The van der Waals surface area contributed by atoms with Crippen LogP contribution in [0.15, 0.2) is 0 Å². The molecule has 0 bridgehead atoms. The fourth-order valence-electron chi connectivity index (χ4n) is 2.20. The molecule has 0 radical (unpaired) electrons. The Morgan fingerprint density at radius 2 is 1.78 bits per heavy atom. The molecule has 1 N–H and O–H groups in total. The molecule has 18 heavy (non-hydrogen) atoms. The van der Waals surface area contributed by atoms with Crippen molar-refractivity contribution in [1.29, 1.82) is 5.26 Å². The molecule has 0 heterocycles. The summed E-state index contributed by atoms with van der Waals surface area (Å²) in [6, 6.07) is 3.08. The molecule has 2 heteroatoms. The molecule has 0 aromatic carbocycles. The molecule has 0 aliphatic rings. The molecule has 106 valence electrons. The van der Waals surface area contributed by atoms with Crippen LogP contribution in [-0.2, 0) is 0 Å². The van der Waals surface area contributed by atoms with E-state index in [0.29, 0.717) is 6.04 Å². The number of hydrogen-bond donors (Lipinski definition) is 1. The van der Waals surface area contributed by atoms with Gasteiger partial charge in [0.25, 0.3) is 0 Å². The van der Waals surface area contributed by atoms with Crippen molar-refractivity contribution in [2.24, 2.45) is 5.41 Å².